The van der Waals surface area contributed by atoms with Crippen LogP contribution in [0.1, 0.15) is 28.4 Å². The smallest absolute Gasteiger partial charge is 0.388 e. The molecule has 1 atom stereocenters. The van der Waals surface area contributed by atoms with E-state index in [0.29, 0.717) is 12.0 Å². The Kier molecular flexibility index (Phi) is 4.14. The fraction of sp³-hybridized carbons (Fsp3) is 0.250. The lowest BCUT2D eigenvalue weighted by molar-refractivity contribution is -0.137. The van der Waals surface area contributed by atoms with Crippen LogP contribution in [0.5, 0.6) is 0 Å². The van der Waals surface area contributed by atoms with Gasteiger partial charge in [-0.1, -0.05) is 36.4 Å². The molecule has 0 saturated carbocycles. The lowest BCUT2D eigenvalue weighted by atomic mass is 9.97. The topological polar surface area (TPSA) is 20.2 Å². The van der Waals surface area contributed by atoms with Crippen molar-refractivity contribution in [2.75, 3.05) is 0 Å². The zero-order valence-corrected chi connectivity index (χ0v) is 11.0. The monoisotopic (exact) mass is 280 g/mol. The van der Waals surface area contributed by atoms with Crippen LogP contribution in [0.4, 0.5) is 13.2 Å². The van der Waals surface area contributed by atoms with Gasteiger partial charge in [0.25, 0.3) is 0 Å². The number of hydrogen-bond acceptors (Lipinski definition) is 1. The minimum Gasteiger partial charge on any atom is -0.388 e. The van der Waals surface area contributed by atoms with Gasteiger partial charge < -0.3 is 5.11 Å². The number of benzene rings is 2. The van der Waals surface area contributed by atoms with Crippen LogP contribution in [0.3, 0.4) is 0 Å². The van der Waals surface area contributed by atoms with Crippen molar-refractivity contribution in [2.45, 2.75) is 25.6 Å². The molecule has 1 nitrogen and oxygen atoms in total. The summed E-state index contributed by atoms with van der Waals surface area (Å²) in [4.78, 5) is 0. The van der Waals surface area contributed by atoms with Gasteiger partial charge in [-0.3, -0.25) is 0 Å². The van der Waals surface area contributed by atoms with E-state index in [9.17, 15) is 18.3 Å². The lowest BCUT2D eigenvalue weighted by Crippen LogP contribution is -2.07. The lowest BCUT2D eigenvalue weighted by Gasteiger charge is -2.14. The number of aryl methyl sites for hydroxylation is 1. The van der Waals surface area contributed by atoms with E-state index in [-0.39, 0.29) is 0 Å². The zero-order valence-electron chi connectivity index (χ0n) is 11.0. The third-order valence-electron chi connectivity index (χ3n) is 3.30. The van der Waals surface area contributed by atoms with Gasteiger partial charge in [0.05, 0.1) is 11.7 Å². The van der Waals surface area contributed by atoms with Crippen molar-refractivity contribution in [3.05, 3.63) is 70.8 Å². The van der Waals surface area contributed by atoms with Crippen LogP contribution in [0.15, 0.2) is 48.5 Å². The van der Waals surface area contributed by atoms with Crippen molar-refractivity contribution in [1.29, 1.82) is 0 Å². The van der Waals surface area contributed by atoms with Gasteiger partial charge in [-0.15, -0.1) is 0 Å². The Morgan fingerprint density at radius 1 is 1.00 bits per heavy atom. The molecule has 0 aliphatic rings. The number of aliphatic hydroxyl groups excluding tert-OH is 1. The molecule has 0 spiro atoms. The first kappa shape index (κ1) is 14.6. The van der Waals surface area contributed by atoms with Crippen LogP contribution in [0.2, 0.25) is 0 Å². The third kappa shape index (κ3) is 3.39. The summed E-state index contributed by atoms with van der Waals surface area (Å²) >= 11 is 0. The van der Waals surface area contributed by atoms with Crippen LogP contribution >= 0.6 is 0 Å². The number of alkyl halides is 3. The van der Waals surface area contributed by atoms with Gasteiger partial charge in [0.2, 0.25) is 0 Å². The van der Waals surface area contributed by atoms with E-state index in [1.54, 1.807) is 0 Å². The molecule has 0 saturated heterocycles. The first-order valence-corrected chi connectivity index (χ1v) is 6.27. The van der Waals surface area contributed by atoms with E-state index in [1.807, 2.05) is 31.2 Å². The largest absolute Gasteiger partial charge is 0.416 e. The molecule has 2 aromatic rings. The fourth-order valence-corrected chi connectivity index (χ4v) is 2.06. The number of rotatable bonds is 3. The summed E-state index contributed by atoms with van der Waals surface area (Å²) in [7, 11) is 0. The van der Waals surface area contributed by atoms with Gasteiger partial charge in [0.1, 0.15) is 0 Å². The van der Waals surface area contributed by atoms with Crippen LogP contribution < -0.4 is 0 Å². The van der Waals surface area contributed by atoms with Gasteiger partial charge >= 0.3 is 6.18 Å². The van der Waals surface area contributed by atoms with Crippen LogP contribution in [-0.2, 0) is 12.6 Å². The summed E-state index contributed by atoms with van der Waals surface area (Å²) in [5.41, 5.74) is 1.82. The Labute approximate surface area is 115 Å². The van der Waals surface area contributed by atoms with Crippen molar-refractivity contribution in [1.82, 2.24) is 0 Å². The highest BCUT2D eigenvalue weighted by Gasteiger charge is 2.30. The molecule has 0 aliphatic carbocycles. The molecule has 1 N–H and O–H groups in total. The Bertz CT molecular complexity index is 573. The highest BCUT2D eigenvalue weighted by Crippen LogP contribution is 2.30. The quantitative estimate of drug-likeness (QED) is 0.889. The first-order chi connectivity index (χ1) is 9.38. The first-order valence-electron chi connectivity index (χ1n) is 6.27. The van der Waals surface area contributed by atoms with Crippen molar-refractivity contribution in [3.63, 3.8) is 0 Å². The van der Waals surface area contributed by atoms with Gasteiger partial charge in [-0.05, 0) is 35.7 Å². The Balaban J connectivity index is 2.14. The Morgan fingerprint density at radius 3 is 2.15 bits per heavy atom. The average molecular weight is 280 g/mol. The van der Waals surface area contributed by atoms with E-state index >= 15 is 0 Å². The third-order valence-corrected chi connectivity index (χ3v) is 3.30. The van der Waals surface area contributed by atoms with Gasteiger partial charge in [0, 0.05) is 6.42 Å². The molecule has 2 rings (SSSR count). The van der Waals surface area contributed by atoms with Crippen molar-refractivity contribution in [2.24, 2.45) is 0 Å². The number of aliphatic hydroxyl groups is 1. The molecule has 4 heteroatoms. The Morgan fingerprint density at radius 2 is 1.60 bits per heavy atom. The Hall–Kier alpha value is -1.81. The zero-order chi connectivity index (χ0) is 14.8. The summed E-state index contributed by atoms with van der Waals surface area (Å²) in [6.07, 6.45) is -4.77. The molecule has 0 aromatic heterocycles. The standard InChI is InChI=1S/C16H15F3O/c1-11-4-2-3-5-13(11)10-15(20)12-6-8-14(9-7-12)16(17,18)19/h2-9,15,20H,10H2,1H3. The summed E-state index contributed by atoms with van der Waals surface area (Å²) < 4.78 is 37.4. The second-order valence-electron chi connectivity index (χ2n) is 4.77. The molecular formula is C16H15F3O. The summed E-state index contributed by atoms with van der Waals surface area (Å²) in [5.74, 6) is 0. The molecule has 20 heavy (non-hydrogen) atoms. The van der Waals surface area contributed by atoms with Gasteiger partial charge in [0.15, 0.2) is 0 Å². The van der Waals surface area contributed by atoms with E-state index in [0.717, 1.165) is 23.3 Å². The number of hydrogen-bond donors (Lipinski definition) is 1. The van der Waals surface area contributed by atoms with Crippen molar-refractivity contribution in [3.8, 4) is 0 Å². The maximum atomic E-state index is 12.5. The SMILES string of the molecule is Cc1ccccc1CC(O)c1ccc(C(F)(F)F)cc1. The predicted molar refractivity (Wildman–Crippen MR) is 71.3 cm³/mol. The van der Waals surface area contributed by atoms with E-state index in [1.165, 1.54) is 12.1 Å². The molecule has 0 aliphatic heterocycles. The van der Waals surface area contributed by atoms with Gasteiger partial charge in [-0.25, -0.2) is 0 Å². The summed E-state index contributed by atoms with van der Waals surface area (Å²) in [6, 6.07) is 12.3. The predicted octanol–water partition coefficient (Wildman–Crippen LogP) is 4.29. The van der Waals surface area contributed by atoms with Crippen LogP contribution in [-0.4, -0.2) is 5.11 Å². The second-order valence-corrected chi connectivity index (χ2v) is 4.77. The normalized spacial score (nSPS) is 13.2. The maximum Gasteiger partial charge on any atom is 0.416 e. The molecule has 2 aromatic carbocycles. The molecule has 0 radical (unpaired) electrons. The molecule has 106 valence electrons. The number of halogens is 3. The van der Waals surface area contributed by atoms with E-state index in [2.05, 4.69) is 0 Å². The molecular weight excluding hydrogens is 265 g/mol. The maximum absolute atomic E-state index is 12.5. The van der Waals surface area contributed by atoms with Crippen LogP contribution in [0, 0.1) is 6.92 Å². The molecule has 0 amide bonds. The highest BCUT2D eigenvalue weighted by molar-refractivity contribution is 5.30. The van der Waals surface area contributed by atoms with Crippen LogP contribution in [0.25, 0.3) is 0 Å². The fourth-order valence-electron chi connectivity index (χ4n) is 2.06. The molecule has 0 heterocycles. The minimum atomic E-state index is -4.35. The van der Waals surface area contributed by atoms with Gasteiger partial charge in [-0.2, -0.15) is 13.2 Å². The van der Waals surface area contributed by atoms with Crippen molar-refractivity contribution < 1.29 is 18.3 Å². The average Bonchev–Trinajstić information content (AvgIpc) is 2.40. The second kappa shape index (κ2) is 5.67. The van der Waals surface area contributed by atoms with Crippen molar-refractivity contribution >= 4 is 0 Å². The minimum absolute atomic E-state index is 0.387. The van der Waals surface area contributed by atoms with E-state index in [4.69, 9.17) is 0 Å². The van der Waals surface area contributed by atoms with E-state index < -0.39 is 17.8 Å². The molecule has 1 unspecified atom stereocenters. The summed E-state index contributed by atoms with van der Waals surface area (Å²) in [5, 5.41) is 10.1. The molecule has 0 bridgehead atoms. The molecule has 0 fully saturated rings. The summed E-state index contributed by atoms with van der Waals surface area (Å²) in [6.45, 7) is 1.94. The highest BCUT2D eigenvalue weighted by atomic mass is 19.4.